The van der Waals surface area contributed by atoms with Gasteiger partial charge in [-0.25, -0.2) is 0 Å². The van der Waals surface area contributed by atoms with Gasteiger partial charge < -0.3 is 4.90 Å². The largest absolute Gasteiger partial charge is 0.310 e. The molecule has 1 atom stereocenters. The van der Waals surface area contributed by atoms with Crippen molar-refractivity contribution in [3.05, 3.63) is 115 Å². The lowest BCUT2D eigenvalue weighted by Gasteiger charge is -2.27. The lowest BCUT2D eigenvalue weighted by Crippen LogP contribution is -2.10. The van der Waals surface area contributed by atoms with Gasteiger partial charge in [0.25, 0.3) is 0 Å². The van der Waals surface area contributed by atoms with Gasteiger partial charge in [-0.3, -0.25) is 0 Å². The third kappa shape index (κ3) is 3.68. The first-order valence-corrected chi connectivity index (χ1v) is 11.1. The van der Waals surface area contributed by atoms with Gasteiger partial charge in [0.1, 0.15) is 0 Å². The van der Waals surface area contributed by atoms with Gasteiger partial charge in [0.05, 0.1) is 5.69 Å². The molecule has 5 rings (SSSR count). The molecule has 0 aliphatic carbocycles. The van der Waals surface area contributed by atoms with Gasteiger partial charge in [-0.05, 0) is 64.4 Å². The van der Waals surface area contributed by atoms with Gasteiger partial charge in [0, 0.05) is 16.8 Å². The standard InChI is InChI=1S/C30H27N/c1-3-22(2)23-15-18-27(19-16-23)31(28-20-17-24-9-4-5-11-26(24)21-28)30-14-8-12-25-10-6-7-13-29(25)30/h4-22H,3H2,1-2H3. The van der Waals surface area contributed by atoms with Crippen LogP contribution in [0.1, 0.15) is 31.7 Å². The molecule has 1 unspecified atom stereocenters. The maximum Gasteiger partial charge on any atom is 0.0540 e. The number of anilines is 3. The zero-order valence-corrected chi connectivity index (χ0v) is 18.1. The number of nitrogens with zero attached hydrogens (tertiary/aromatic N) is 1. The maximum absolute atomic E-state index is 2.38. The molecule has 0 radical (unpaired) electrons. The minimum Gasteiger partial charge on any atom is -0.310 e. The minimum absolute atomic E-state index is 0.570. The quantitative estimate of drug-likeness (QED) is 0.284. The Hall–Kier alpha value is -3.58. The molecule has 0 aliphatic rings. The summed E-state index contributed by atoms with van der Waals surface area (Å²) < 4.78 is 0. The van der Waals surface area contributed by atoms with Crippen LogP contribution in [0.2, 0.25) is 0 Å². The van der Waals surface area contributed by atoms with Gasteiger partial charge in [-0.2, -0.15) is 0 Å². The molecular formula is C30H27N. The highest BCUT2D eigenvalue weighted by Gasteiger charge is 2.16. The number of rotatable bonds is 5. The molecule has 0 amide bonds. The molecule has 1 heteroatoms. The highest BCUT2D eigenvalue weighted by atomic mass is 15.1. The van der Waals surface area contributed by atoms with Crippen LogP contribution in [-0.2, 0) is 0 Å². The van der Waals surface area contributed by atoms with Crippen molar-refractivity contribution in [2.24, 2.45) is 0 Å². The lowest BCUT2D eigenvalue weighted by molar-refractivity contribution is 0.733. The summed E-state index contributed by atoms with van der Waals surface area (Å²) >= 11 is 0. The number of fused-ring (bicyclic) bond motifs is 2. The summed E-state index contributed by atoms with van der Waals surface area (Å²) in [5.74, 6) is 0.570. The molecule has 0 fully saturated rings. The summed E-state index contributed by atoms with van der Waals surface area (Å²) in [6, 6.07) is 39.6. The smallest absolute Gasteiger partial charge is 0.0540 e. The van der Waals surface area contributed by atoms with E-state index < -0.39 is 0 Å². The van der Waals surface area contributed by atoms with Gasteiger partial charge in [0.2, 0.25) is 0 Å². The Morgan fingerprint density at radius 3 is 2.03 bits per heavy atom. The average molecular weight is 402 g/mol. The molecular weight excluding hydrogens is 374 g/mol. The van der Waals surface area contributed by atoms with Crippen molar-refractivity contribution in [3.8, 4) is 0 Å². The molecule has 0 aliphatic heterocycles. The lowest BCUT2D eigenvalue weighted by atomic mass is 9.98. The average Bonchev–Trinajstić information content (AvgIpc) is 2.84. The molecule has 152 valence electrons. The Morgan fingerprint density at radius 1 is 0.613 bits per heavy atom. The zero-order chi connectivity index (χ0) is 21.2. The van der Waals surface area contributed by atoms with E-state index >= 15 is 0 Å². The van der Waals surface area contributed by atoms with Crippen LogP contribution >= 0.6 is 0 Å². The Kier molecular flexibility index (Phi) is 5.18. The SMILES string of the molecule is CCC(C)c1ccc(N(c2ccc3ccccc3c2)c2cccc3ccccc23)cc1. The monoisotopic (exact) mass is 401 g/mol. The van der Waals surface area contributed by atoms with Crippen molar-refractivity contribution in [2.45, 2.75) is 26.2 Å². The first kappa shape index (κ1) is 19.4. The third-order valence-corrected chi connectivity index (χ3v) is 6.33. The molecule has 0 bridgehead atoms. The molecule has 0 heterocycles. The number of benzene rings is 5. The molecule has 5 aromatic rings. The normalized spacial score (nSPS) is 12.2. The van der Waals surface area contributed by atoms with Crippen LogP contribution in [-0.4, -0.2) is 0 Å². The van der Waals surface area contributed by atoms with Gasteiger partial charge in [-0.15, -0.1) is 0 Å². The summed E-state index contributed by atoms with van der Waals surface area (Å²) in [6.07, 6.45) is 1.15. The highest BCUT2D eigenvalue weighted by Crippen LogP contribution is 2.40. The fourth-order valence-corrected chi connectivity index (χ4v) is 4.33. The van der Waals surface area contributed by atoms with E-state index in [9.17, 15) is 0 Å². The van der Waals surface area contributed by atoms with E-state index in [0.717, 1.165) is 6.42 Å². The van der Waals surface area contributed by atoms with Crippen molar-refractivity contribution in [3.63, 3.8) is 0 Å². The molecule has 0 saturated carbocycles. The highest BCUT2D eigenvalue weighted by molar-refractivity contribution is 6.00. The van der Waals surface area contributed by atoms with E-state index in [1.165, 1.54) is 44.2 Å². The summed E-state index contributed by atoms with van der Waals surface area (Å²) in [7, 11) is 0. The summed E-state index contributed by atoms with van der Waals surface area (Å²) in [4.78, 5) is 2.38. The van der Waals surface area contributed by atoms with Crippen molar-refractivity contribution in [1.82, 2.24) is 0 Å². The van der Waals surface area contributed by atoms with E-state index in [2.05, 4.69) is 128 Å². The van der Waals surface area contributed by atoms with E-state index in [0.29, 0.717) is 5.92 Å². The van der Waals surface area contributed by atoms with Gasteiger partial charge in [-0.1, -0.05) is 92.7 Å². The van der Waals surface area contributed by atoms with Crippen LogP contribution in [0.15, 0.2) is 109 Å². The predicted molar refractivity (Wildman–Crippen MR) is 135 cm³/mol. The van der Waals surface area contributed by atoms with Crippen LogP contribution in [0.3, 0.4) is 0 Å². The second kappa shape index (κ2) is 8.28. The van der Waals surface area contributed by atoms with Crippen LogP contribution < -0.4 is 4.90 Å². The summed E-state index contributed by atoms with van der Waals surface area (Å²) in [5, 5.41) is 5.02. The topological polar surface area (TPSA) is 3.24 Å². The first-order chi connectivity index (χ1) is 15.2. The molecule has 0 spiro atoms. The Balaban J connectivity index is 1.71. The van der Waals surface area contributed by atoms with Crippen molar-refractivity contribution < 1.29 is 0 Å². The van der Waals surface area contributed by atoms with E-state index in [1.807, 2.05) is 0 Å². The first-order valence-electron chi connectivity index (χ1n) is 11.1. The molecule has 31 heavy (non-hydrogen) atoms. The predicted octanol–water partition coefficient (Wildman–Crippen LogP) is 8.98. The van der Waals surface area contributed by atoms with Crippen LogP contribution in [0.25, 0.3) is 21.5 Å². The Bertz CT molecular complexity index is 1330. The van der Waals surface area contributed by atoms with Crippen LogP contribution in [0, 0.1) is 0 Å². The number of hydrogen-bond donors (Lipinski definition) is 0. The zero-order valence-electron chi connectivity index (χ0n) is 18.1. The molecule has 1 nitrogen and oxygen atoms in total. The fourth-order valence-electron chi connectivity index (χ4n) is 4.33. The second-order valence-electron chi connectivity index (χ2n) is 8.27. The number of hydrogen-bond acceptors (Lipinski definition) is 1. The summed E-state index contributed by atoms with van der Waals surface area (Å²) in [5.41, 5.74) is 4.94. The Morgan fingerprint density at radius 2 is 1.26 bits per heavy atom. The van der Waals surface area contributed by atoms with E-state index in [-0.39, 0.29) is 0 Å². The fraction of sp³-hybridized carbons (Fsp3) is 0.133. The molecule has 0 N–H and O–H groups in total. The summed E-state index contributed by atoms with van der Waals surface area (Å²) in [6.45, 7) is 4.54. The molecule has 5 aromatic carbocycles. The van der Waals surface area contributed by atoms with E-state index in [1.54, 1.807) is 0 Å². The second-order valence-corrected chi connectivity index (χ2v) is 8.27. The Labute approximate surface area is 184 Å². The molecule has 0 saturated heterocycles. The van der Waals surface area contributed by atoms with Crippen molar-refractivity contribution in [1.29, 1.82) is 0 Å². The van der Waals surface area contributed by atoms with Crippen LogP contribution in [0.4, 0.5) is 17.1 Å². The van der Waals surface area contributed by atoms with Crippen molar-refractivity contribution in [2.75, 3.05) is 4.90 Å². The van der Waals surface area contributed by atoms with Gasteiger partial charge >= 0.3 is 0 Å². The van der Waals surface area contributed by atoms with Gasteiger partial charge in [0.15, 0.2) is 0 Å². The molecule has 0 aromatic heterocycles. The maximum atomic E-state index is 2.38. The minimum atomic E-state index is 0.570. The third-order valence-electron chi connectivity index (χ3n) is 6.33. The van der Waals surface area contributed by atoms with E-state index in [4.69, 9.17) is 0 Å². The van der Waals surface area contributed by atoms with Crippen LogP contribution in [0.5, 0.6) is 0 Å². The van der Waals surface area contributed by atoms with Crippen molar-refractivity contribution >= 4 is 38.6 Å².